The van der Waals surface area contributed by atoms with Crippen LogP contribution in [0.5, 0.6) is 5.75 Å². The highest BCUT2D eigenvalue weighted by Gasteiger charge is 2.29. The Morgan fingerprint density at radius 2 is 1.71 bits per heavy atom. The third kappa shape index (κ3) is 8.30. The van der Waals surface area contributed by atoms with E-state index in [9.17, 15) is 9.59 Å². The largest absolute Gasteiger partial charge is 0.465 e. The van der Waals surface area contributed by atoms with Crippen LogP contribution < -0.4 is 26.2 Å². The number of hydrogen-bond donors (Lipinski definition) is 3. The number of aromatic nitrogens is 1. The number of benzene rings is 1. The zero-order chi connectivity index (χ0) is 25.6. The van der Waals surface area contributed by atoms with Gasteiger partial charge in [0, 0.05) is 12.6 Å². The van der Waals surface area contributed by atoms with Gasteiger partial charge in [-0.15, -0.1) is 10.7 Å². The van der Waals surface area contributed by atoms with Crippen molar-refractivity contribution in [3.63, 3.8) is 0 Å². The summed E-state index contributed by atoms with van der Waals surface area (Å²) in [5, 5.41) is 3.99. The monoisotopic (exact) mass is 487 g/mol. The summed E-state index contributed by atoms with van der Waals surface area (Å²) in [4.78, 5) is 34.8. The number of ether oxygens (including phenoxy) is 3. The van der Waals surface area contributed by atoms with Gasteiger partial charge in [0.2, 0.25) is 6.79 Å². The van der Waals surface area contributed by atoms with Gasteiger partial charge in [-0.1, -0.05) is 12.1 Å². The highest BCUT2D eigenvalue weighted by Crippen LogP contribution is 2.25. The molecule has 1 amide bonds. The first kappa shape index (κ1) is 26.0. The standard InChI is InChI=1S/C24H33N5O6/c1-23(2,3)34-21(30)19(26-22(31)35-24(4,5)6)14-16-9-11-17(12-10-16)32-15-33-29-20-18(27-28-29)8-7-13-25-20/h7-13,19,27-28H,14-15H2,1-6H3,(H,26,31). The molecule has 35 heavy (non-hydrogen) atoms. The molecule has 1 unspecified atom stereocenters. The van der Waals surface area contributed by atoms with Crippen LogP contribution in [0.25, 0.3) is 0 Å². The maximum Gasteiger partial charge on any atom is 0.408 e. The number of fused-ring (bicyclic) bond motifs is 1. The van der Waals surface area contributed by atoms with E-state index in [0.29, 0.717) is 11.6 Å². The number of nitrogens with zero attached hydrogens (tertiary/aromatic N) is 2. The molecule has 3 rings (SSSR count). The van der Waals surface area contributed by atoms with Crippen molar-refractivity contribution in [1.29, 1.82) is 0 Å². The molecule has 0 saturated carbocycles. The number of esters is 1. The average Bonchev–Trinajstić information content (AvgIpc) is 3.15. The molecule has 2 aromatic rings. The van der Waals surface area contributed by atoms with E-state index >= 15 is 0 Å². The fourth-order valence-corrected chi connectivity index (χ4v) is 3.03. The van der Waals surface area contributed by atoms with Crippen LogP contribution in [0.2, 0.25) is 0 Å². The van der Waals surface area contributed by atoms with Crippen molar-refractivity contribution in [2.45, 2.75) is 65.2 Å². The normalized spacial score (nSPS) is 13.9. The first-order valence-corrected chi connectivity index (χ1v) is 11.2. The number of hydrogen-bond acceptors (Lipinski definition) is 10. The minimum Gasteiger partial charge on any atom is -0.465 e. The molecule has 11 nitrogen and oxygen atoms in total. The summed E-state index contributed by atoms with van der Waals surface area (Å²) >= 11 is 0. The number of anilines is 2. The lowest BCUT2D eigenvalue weighted by molar-refractivity contribution is -0.157. The van der Waals surface area contributed by atoms with Gasteiger partial charge in [-0.05, 0) is 71.4 Å². The van der Waals surface area contributed by atoms with Crippen LogP contribution >= 0.6 is 0 Å². The van der Waals surface area contributed by atoms with Crippen LogP contribution in [0.15, 0.2) is 42.6 Å². The van der Waals surface area contributed by atoms with Crippen LogP contribution in [-0.4, -0.2) is 41.1 Å². The van der Waals surface area contributed by atoms with Crippen molar-refractivity contribution >= 4 is 23.6 Å². The average molecular weight is 488 g/mol. The predicted molar refractivity (Wildman–Crippen MR) is 129 cm³/mol. The number of rotatable bonds is 8. The summed E-state index contributed by atoms with van der Waals surface area (Å²) in [6, 6.07) is 9.86. The Labute approximate surface area is 205 Å². The fraction of sp³-hybridized carbons (Fsp3) is 0.458. The van der Waals surface area contributed by atoms with Gasteiger partial charge in [-0.2, -0.15) is 0 Å². The number of pyridine rings is 1. The lowest BCUT2D eigenvalue weighted by Crippen LogP contribution is -2.47. The quantitative estimate of drug-likeness (QED) is 0.377. The van der Waals surface area contributed by atoms with Crippen molar-refractivity contribution in [3.05, 3.63) is 48.2 Å². The van der Waals surface area contributed by atoms with Crippen molar-refractivity contribution in [2.24, 2.45) is 0 Å². The first-order valence-electron chi connectivity index (χ1n) is 11.2. The smallest absolute Gasteiger partial charge is 0.408 e. The number of hydrazine groups is 2. The molecule has 0 radical (unpaired) electrons. The summed E-state index contributed by atoms with van der Waals surface area (Å²) in [7, 11) is 0. The molecule has 1 aliphatic heterocycles. The summed E-state index contributed by atoms with van der Waals surface area (Å²) < 4.78 is 16.4. The van der Waals surface area contributed by atoms with Gasteiger partial charge in [0.1, 0.15) is 23.0 Å². The first-order chi connectivity index (χ1) is 16.4. The lowest BCUT2D eigenvalue weighted by Gasteiger charge is -2.26. The van der Waals surface area contributed by atoms with Gasteiger partial charge in [-0.25, -0.2) is 19.4 Å². The molecule has 1 aromatic carbocycles. The second-order valence-electron chi connectivity index (χ2n) is 9.88. The van der Waals surface area contributed by atoms with Crippen LogP contribution in [-0.2, 0) is 25.5 Å². The molecule has 0 bridgehead atoms. The molecule has 2 heterocycles. The molecule has 3 N–H and O–H groups in total. The van der Waals surface area contributed by atoms with E-state index in [2.05, 4.69) is 21.3 Å². The zero-order valence-electron chi connectivity index (χ0n) is 20.9. The number of carbonyl (C=O) groups is 2. The summed E-state index contributed by atoms with van der Waals surface area (Å²) in [5.41, 5.74) is 5.95. The Kier molecular flexibility index (Phi) is 8.03. The van der Waals surface area contributed by atoms with E-state index in [4.69, 9.17) is 19.0 Å². The molecular weight excluding hydrogens is 454 g/mol. The van der Waals surface area contributed by atoms with Gasteiger partial charge in [-0.3, -0.25) is 5.43 Å². The Balaban J connectivity index is 1.56. The molecule has 1 aromatic heterocycles. The van der Waals surface area contributed by atoms with Gasteiger partial charge in [0.15, 0.2) is 5.82 Å². The Hall–Kier alpha value is -3.57. The lowest BCUT2D eigenvalue weighted by atomic mass is 10.1. The molecular formula is C24H33N5O6. The second-order valence-corrected chi connectivity index (χ2v) is 9.88. The number of amides is 1. The molecule has 11 heteroatoms. The van der Waals surface area contributed by atoms with Gasteiger partial charge >= 0.3 is 12.1 Å². The van der Waals surface area contributed by atoms with Crippen molar-refractivity contribution in [1.82, 2.24) is 15.8 Å². The van der Waals surface area contributed by atoms with Gasteiger partial charge in [0.25, 0.3) is 0 Å². The third-order valence-electron chi connectivity index (χ3n) is 4.42. The SMILES string of the molecule is CC(C)(C)OC(=O)NC(Cc1ccc(OCON2NNc3cccnc32)cc1)C(=O)OC(C)(C)C. The van der Waals surface area contributed by atoms with Crippen LogP contribution in [0.3, 0.4) is 0 Å². The predicted octanol–water partition coefficient (Wildman–Crippen LogP) is 3.48. The maximum atomic E-state index is 12.7. The Bertz CT molecular complexity index is 1020. The molecule has 190 valence electrons. The fourth-order valence-electron chi connectivity index (χ4n) is 3.03. The minimum atomic E-state index is -0.916. The number of alkyl carbamates (subject to hydrolysis) is 1. The minimum absolute atomic E-state index is 0.0647. The van der Waals surface area contributed by atoms with Crippen molar-refractivity contribution in [2.75, 3.05) is 17.4 Å². The molecule has 1 aliphatic rings. The van der Waals surface area contributed by atoms with E-state index in [1.54, 1.807) is 72.0 Å². The van der Waals surface area contributed by atoms with E-state index < -0.39 is 29.3 Å². The third-order valence-corrected chi connectivity index (χ3v) is 4.42. The zero-order valence-corrected chi connectivity index (χ0v) is 20.9. The van der Waals surface area contributed by atoms with Crippen LogP contribution in [0, 0.1) is 0 Å². The number of carbonyl (C=O) groups excluding carboxylic acids is 2. The van der Waals surface area contributed by atoms with Crippen LogP contribution in [0.4, 0.5) is 16.3 Å². The van der Waals surface area contributed by atoms with Crippen molar-refractivity contribution < 1.29 is 28.6 Å². The summed E-state index contributed by atoms with van der Waals surface area (Å²) in [5.74, 6) is 0.617. The van der Waals surface area contributed by atoms with E-state index in [1.807, 2.05) is 12.1 Å². The highest BCUT2D eigenvalue weighted by atomic mass is 16.8. The van der Waals surface area contributed by atoms with Crippen molar-refractivity contribution in [3.8, 4) is 5.75 Å². The molecule has 1 atom stereocenters. The second kappa shape index (κ2) is 10.8. The topological polar surface area (TPSA) is 123 Å². The Morgan fingerprint density at radius 1 is 1.03 bits per heavy atom. The Morgan fingerprint density at radius 3 is 2.37 bits per heavy atom. The highest BCUT2D eigenvalue weighted by molar-refractivity contribution is 5.82. The van der Waals surface area contributed by atoms with Crippen LogP contribution in [0.1, 0.15) is 47.1 Å². The molecule has 0 saturated heterocycles. The van der Waals surface area contributed by atoms with E-state index in [-0.39, 0.29) is 13.2 Å². The molecule has 0 fully saturated rings. The number of nitrogens with one attached hydrogen (secondary N) is 3. The van der Waals surface area contributed by atoms with Gasteiger partial charge in [0.05, 0.1) is 5.69 Å². The molecule has 0 spiro atoms. The van der Waals surface area contributed by atoms with E-state index in [0.717, 1.165) is 11.3 Å². The summed E-state index contributed by atoms with van der Waals surface area (Å²) in [6.45, 7) is 10.5. The maximum absolute atomic E-state index is 12.7. The summed E-state index contributed by atoms with van der Waals surface area (Å²) in [6.07, 6.45) is 1.19. The van der Waals surface area contributed by atoms with Gasteiger partial charge < -0.3 is 19.5 Å². The molecule has 0 aliphatic carbocycles. The van der Waals surface area contributed by atoms with E-state index in [1.165, 1.54) is 5.17 Å².